The van der Waals surface area contributed by atoms with E-state index in [2.05, 4.69) is 10.6 Å². The molecule has 2 unspecified atom stereocenters. The largest absolute Gasteiger partial charge is 0.444 e. The Morgan fingerprint density at radius 1 is 0.917 bits per heavy atom. The molecule has 0 fully saturated rings. The van der Waals surface area contributed by atoms with E-state index >= 15 is 0 Å². The number of ether oxygens (including phenoxy) is 1. The zero-order valence-electron chi connectivity index (χ0n) is 24.8. The van der Waals surface area contributed by atoms with Gasteiger partial charge in [0.1, 0.15) is 17.7 Å². The minimum atomic E-state index is -0.882. The van der Waals surface area contributed by atoms with E-state index in [1.54, 1.807) is 25.7 Å². The first-order valence-corrected chi connectivity index (χ1v) is 12.9. The second kappa shape index (κ2) is 11.7. The zero-order chi connectivity index (χ0) is 28.2. The molecule has 2 atom stereocenters. The molecule has 0 heterocycles. The van der Waals surface area contributed by atoms with Gasteiger partial charge in [-0.2, -0.15) is 0 Å². The molecular weight excluding hydrogens is 454 g/mol. The van der Waals surface area contributed by atoms with E-state index < -0.39 is 34.9 Å². The summed E-state index contributed by atoms with van der Waals surface area (Å²) in [5.74, 6) is -0.816. The van der Waals surface area contributed by atoms with Gasteiger partial charge in [0.25, 0.3) is 0 Å². The van der Waals surface area contributed by atoms with Crippen LogP contribution in [-0.4, -0.2) is 45.5 Å². The quantitative estimate of drug-likeness (QED) is 0.467. The second-order valence-electron chi connectivity index (χ2n) is 12.8. The Hall–Kier alpha value is -2.57. The van der Waals surface area contributed by atoms with Crippen LogP contribution in [-0.2, 0) is 14.3 Å². The number of benzene rings is 1. The maximum atomic E-state index is 14.3. The number of nitrogens with zero attached hydrogens (tertiary/aromatic N) is 1. The van der Waals surface area contributed by atoms with Gasteiger partial charge in [0, 0.05) is 11.1 Å². The molecule has 36 heavy (non-hydrogen) atoms. The Morgan fingerprint density at radius 2 is 1.42 bits per heavy atom. The minimum absolute atomic E-state index is 0.231. The third-order valence-electron chi connectivity index (χ3n) is 5.92. The second-order valence-corrected chi connectivity index (χ2v) is 12.8. The van der Waals surface area contributed by atoms with Crippen molar-refractivity contribution in [3.8, 4) is 0 Å². The fraction of sp³-hybridized carbons (Fsp3) is 0.690. The molecule has 204 valence electrons. The van der Waals surface area contributed by atoms with Crippen LogP contribution in [0, 0.1) is 19.8 Å². The molecule has 0 aliphatic rings. The summed E-state index contributed by atoms with van der Waals surface area (Å²) in [6, 6.07) is 4.20. The first-order valence-electron chi connectivity index (χ1n) is 12.9. The van der Waals surface area contributed by atoms with Crippen molar-refractivity contribution in [2.24, 2.45) is 5.92 Å². The third kappa shape index (κ3) is 9.14. The lowest BCUT2D eigenvalue weighted by Crippen LogP contribution is -2.61. The van der Waals surface area contributed by atoms with Crippen molar-refractivity contribution >= 4 is 17.9 Å². The number of alkyl carbamates (subject to hydrolysis) is 1. The standard InChI is InChI=1S/C29H49N3O4/c1-14-29(12,13)32(25(34)22(18(2)3)30-26(35)36-28(9,10)11)23(24(33)31-27(6,7)8)21-16-19(4)15-20(5)17-21/h15-18,22-23H,14H2,1-13H3,(H,30,35)(H,31,33). The van der Waals surface area contributed by atoms with Gasteiger partial charge in [-0.25, -0.2) is 4.79 Å². The lowest BCUT2D eigenvalue weighted by Gasteiger charge is -2.45. The summed E-state index contributed by atoms with van der Waals surface area (Å²) in [5, 5.41) is 5.86. The Balaban J connectivity index is 3.73. The topological polar surface area (TPSA) is 87.7 Å². The minimum Gasteiger partial charge on any atom is -0.444 e. The lowest BCUT2D eigenvalue weighted by molar-refractivity contribution is -0.150. The predicted octanol–water partition coefficient (Wildman–Crippen LogP) is 5.83. The number of carbonyl (C=O) groups excluding carboxylic acids is 3. The molecule has 7 heteroatoms. The van der Waals surface area contributed by atoms with Crippen molar-refractivity contribution in [1.29, 1.82) is 0 Å². The number of aryl methyl sites for hydroxylation is 2. The van der Waals surface area contributed by atoms with E-state index in [0.717, 1.165) is 16.7 Å². The average Bonchev–Trinajstić information content (AvgIpc) is 2.65. The van der Waals surface area contributed by atoms with Crippen LogP contribution in [0.1, 0.15) is 105 Å². The number of carbonyl (C=O) groups is 3. The van der Waals surface area contributed by atoms with Crippen molar-refractivity contribution in [3.63, 3.8) is 0 Å². The number of amides is 3. The van der Waals surface area contributed by atoms with E-state index in [9.17, 15) is 14.4 Å². The molecule has 1 aromatic rings. The van der Waals surface area contributed by atoms with Crippen molar-refractivity contribution in [2.45, 2.75) is 125 Å². The molecule has 0 aromatic heterocycles. The van der Waals surface area contributed by atoms with Gasteiger partial charge >= 0.3 is 6.09 Å². The van der Waals surface area contributed by atoms with Gasteiger partial charge < -0.3 is 20.3 Å². The SMILES string of the molecule is CCC(C)(C)N(C(=O)C(NC(=O)OC(C)(C)C)C(C)C)C(C(=O)NC(C)(C)C)c1cc(C)cc(C)c1. The Morgan fingerprint density at radius 3 is 1.81 bits per heavy atom. The fourth-order valence-electron chi connectivity index (χ4n) is 4.07. The zero-order valence-corrected chi connectivity index (χ0v) is 24.8. The highest BCUT2D eigenvalue weighted by molar-refractivity contribution is 5.93. The van der Waals surface area contributed by atoms with Crippen molar-refractivity contribution in [2.75, 3.05) is 0 Å². The summed E-state index contributed by atoms with van der Waals surface area (Å²) in [7, 11) is 0. The van der Waals surface area contributed by atoms with Gasteiger partial charge in [-0.3, -0.25) is 9.59 Å². The number of nitrogens with one attached hydrogen (secondary N) is 2. The fourth-order valence-corrected chi connectivity index (χ4v) is 4.07. The molecule has 0 spiro atoms. The first-order chi connectivity index (χ1) is 16.2. The van der Waals surface area contributed by atoms with Crippen molar-refractivity contribution in [1.82, 2.24) is 15.5 Å². The smallest absolute Gasteiger partial charge is 0.408 e. The van der Waals surface area contributed by atoms with Gasteiger partial charge in [-0.15, -0.1) is 0 Å². The van der Waals surface area contributed by atoms with Gasteiger partial charge in [0.05, 0.1) is 0 Å². The molecule has 3 amide bonds. The molecule has 0 saturated heterocycles. The van der Waals surface area contributed by atoms with Gasteiger partial charge in [0.2, 0.25) is 11.8 Å². The highest BCUT2D eigenvalue weighted by atomic mass is 16.6. The van der Waals surface area contributed by atoms with Crippen LogP contribution in [0.3, 0.4) is 0 Å². The maximum absolute atomic E-state index is 14.3. The highest BCUT2D eigenvalue weighted by Crippen LogP contribution is 2.34. The van der Waals surface area contributed by atoms with E-state index in [0.29, 0.717) is 6.42 Å². The molecule has 1 rings (SSSR count). The molecule has 0 aliphatic carbocycles. The van der Waals surface area contributed by atoms with Crippen molar-refractivity contribution in [3.05, 3.63) is 34.9 Å². The molecule has 0 radical (unpaired) electrons. The Bertz CT molecular complexity index is 919. The summed E-state index contributed by atoms with van der Waals surface area (Å²) in [6.07, 6.45) is -0.0500. The summed E-state index contributed by atoms with van der Waals surface area (Å²) in [5.41, 5.74) is 0.873. The molecule has 0 aliphatic heterocycles. The number of hydrogen-bond acceptors (Lipinski definition) is 4. The lowest BCUT2D eigenvalue weighted by atomic mass is 9.89. The third-order valence-corrected chi connectivity index (χ3v) is 5.92. The van der Waals surface area contributed by atoms with E-state index in [4.69, 9.17) is 4.74 Å². The highest BCUT2D eigenvalue weighted by Gasteiger charge is 2.44. The monoisotopic (exact) mass is 503 g/mol. The number of rotatable bonds is 8. The van der Waals surface area contributed by atoms with Crippen LogP contribution in [0.15, 0.2) is 18.2 Å². The summed E-state index contributed by atoms with van der Waals surface area (Å²) in [6.45, 7) is 24.7. The van der Waals surface area contributed by atoms with Crippen molar-refractivity contribution < 1.29 is 19.1 Å². The van der Waals surface area contributed by atoms with Crippen LogP contribution in [0.25, 0.3) is 0 Å². The van der Waals surface area contributed by atoms with Crippen LogP contribution in [0.5, 0.6) is 0 Å². The van der Waals surface area contributed by atoms with Gasteiger partial charge in [0.15, 0.2) is 0 Å². The predicted molar refractivity (Wildman–Crippen MR) is 146 cm³/mol. The normalized spacial score (nSPS) is 14.2. The Kier molecular flexibility index (Phi) is 10.2. The van der Waals surface area contributed by atoms with E-state index in [1.165, 1.54) is 0 Å². The molecule has 2 N–H and O–H groups in total. The summed E-state index contributed by atoms with van der Waals surface area (Å²) < 4.78 is 5.45. The molecule has 1 aromatic carbocycles. The van der Waals surface area contributed by atoms with E-state index in [1.807, 2.05) is 87.4 Å². The van der Waals surface area contributed by atoms with Crippen LogP contribution in [0.2, 0.25) is 0 Å². The summed E-state index contributed by atoms with van der Waals surface area (Å²) in [4.78, 5) is 42.5. The summed E-state index contributed by atoms with van der Waals surface area (Å²) >= 11 is 0. The molecule has 0 saturated carbocycles. The van der Waals surface area contributed by atoms with Crippen LogP contribution >= 0.6 is 0 Å². The number of hydrogen-bond donors (Lipinski definition) is 2. The van der Waals surface area contributed by atoms with Gasteiger partial charge in [-0.1, -0.05) is 50.1 Å². The van der Waals surface area contributed by atoms with Gasteiger partial charge in [-0.05, 0) is 87.1 Å². The Labute approximate surface area is 218 Å². The van der Waals surface area contributed by atoms with Crippen LogP contribution in [0.4, 0.5) is 4.79 Å². The molecule has 0 bridgehead atoms. The first kappa shape index (κ1) is 31.5. The van der Waals surface area contributed by atoms with Crippen LogP contribution < -0.4 is 10.6 Å². The maximum Gasteiger partial charge on any atom is 0.408 e. The molecular formula is C29H49N3O4. The average molecular weight is 504 g/mol. The van der Waals surface area contributed by atoms with E-state index in [-0.39, 0.29) is 17.7 Å². The molecule has 7 nitrogen and oxygen atoms in total.